The van der Waals surface area contributed by atoms with Crippen LogP contribution in [0.3, 0.4) is 0 Å². The van der Waals surface area contributed by atoms with Crippen LogP contribution in [0.5, 0.6) is 0 Å². The average molecular weight is 286 g/mol. The van der Waals surface area contributed by atoms with Gasteiger partial charge in [-0.2, -0.15) is 0 Å². The summed E-state index contributed by atoms with van der Waals surface area (Å²) in [7, 11) is 1.99. The zero-order valence-electron chi connectivity index (χ0n) is 13.0. The van der Waals surface area contributed by atoms with E-state index in [0.717, 1.165) is 38.0 Å². The maximum absolute atomic E-state index is 12.7. The normalized spacial score (nSPS) is 22.0. The Hall–Kier alpha value is -1.35. The van der Waals surface area contributed by atoms with Gasteiger partial charge in [0.25, 0.3) is 5.91 Å². The molecule has 1 N–H and O–H groups in total. The smallest absolute Gasteiger partial charge is 0.253 e. The van der Waals surface area contributed by atoms with Gasteiger partial charge in [-0.25, -0.2) is 0 Å². The van der Waals surface area contributed by atoms with Crippen LogP contribution in [0, 0.1) is 5.92 Å². The van der Waals surface area contributed by atoms with Gasteiger partial charge in [-0.1, -0.05) is 6.07 Å². The molecule has 1 atom stereocenters. The minimum Gasteiger partial charge on any atom is -0.338 e. The quantitative estimate of drug-likeness (QED) is 0.926. The number of rotatable bonds is 3. The lowest BCUT2D eigenvalue weighted by atomic mass is 9.90. The lowest BCUT2D eigenvalue weighted by Gasteiger charge is -2.33. The second kappa shape index (κ2) is 6.61. The third-order valence-corrected chi connectivity index (χ3v) is 4.89. The van der Waals surface area contributed by atoms with E-state index >= 15 is 0 Å². The van der Waals surface area contributed by atoms with E-state index < -0.39 is 0 Å². The van der Waals surface area contributed by atoms with Crippen molar-refractivity contribution in [3.05, 3.63) is 34.9 Å². The molecule has 3 nitrogen and oxygen atoms in total. The van der Waals surface area contributed by atoms with E-state index in [1.54, 1.807) is 0 Å². The summed E-state index contributed by atoms with van der Waals surface area (Å²) in [6.45, 7) is 2.82. The molecule has 0 saturated carbocycles. The minimum atomic E-state index is 0.226. The molecule has 1 aromatic carbocycles. The van der Waals surface area contributed by atoms with Crippen LogP contribution in [0.15, 0.2) is 18.2 Å². The van der Waals surface area contributed by atoms with E-state index in [-0.39, 0.29) is 5.91 Å². The maximum Gasteiger partial charge on any atom is 0.253 e. The summed E-state index contributed by atoms with van der Waals surface area (Å²) in [5.41, 5.74) is 3.74. The summed E-state index contributed by atoms with van der Waals surface area (Å²) in [4.78, 5) is 14.8. The monoisotopic (exact) mass is 286 g/mol. The summed E-state index contributed by atoms with van der Waals surface area (Å²) in [6.07, 6.45) is 7.23. The largest absolute Gasteiger partial charge is 0.338 e. The number of carbonyl (C=O) groups excluding carboxylic acids is 1. The second-order valence-electron chi connectivity index (χ2n) is 6.51. The van der Waals surface area contributed by atoms with E-state index in [0.29, 0.717) is 5.92 Å². The van der Waals surface area contributed by atoms with Crippen molar-refractivity contribution in [2.24, 2.45) is 5.92 Å². The third-order valence-electron chi connectivity index (χ3n) is 4.89. The molecular weight excluding hydrogens is 260 g/mol. The Labute approximate surface area is 127 Å². The van der Waals surface area contributed by atoms with Gasteiger partial charge in [-0.05, 0) is 81.3 Å². The Morgan fingerprint density at radius 3 is 2.86 bits per heavy atom. The van der Waals surface area contributed by atoms with Gasteiger partial charge in [0.15, 0.2) is 0 Å². The molecule has 0 aromatic heterocycles. The number of hydrogen-bond acceptors (Lipinski definition) is 2. The number of aryl methyl sites for hydroxylation is 2. The first-order valence-corrected chi connectivity index (χ1v) is 8.33. The summed E-state index contributed by atoms with van der Waals surface area (Å²) in [5, 5.41) is 3.24. The van der Waals surface area contributed by atoms with Crippen molar-refractivity contribution in [2.45, 2.75) is 38.5 Å². The highest BCUT2D eigenvalue weighted by molar-refractivity contribution is 5.94. The topological polar surface area (TPSA) is 32.3 Å². The van der Waals surface area contributed by atoms with Gasteiger partial charge in [0, 0.05) is 18.7 Å². The van der Waals surface area contributed by atoms with Crippen molar-refractivity contribution in [3.8, 4) is 0 Å². The fourth-order valence-electron chi connectivity index (χ4n) is 3.75. The molecule has 1 aliphatic carbocycles. The predicted molar refractivity (Wildman–Crippen MR) is 85.6 cm³/mol. The number of likely N-dealkylation sites (tertiary alicyclic amines) is 1. The van der Waals surface area contributed by atoms with E-state index in [2.05, 4.69) is 22.3 Å². The molecule has 1 fully saturated rings. The average Bonchev–Trinajstić information content (AvgIpc) is 2.54. The molecule has 1 saturated heterocycles. The zero-order chi connectivity index (χ0) is 14.7. The first-order valence-electron chi connectivity index (χ1n) is 8.33. The van der Waals surface area contributed by atoms with E-state index in [4.69, 9.17) is 0 Å². The van der Waals surface area contributed by atoms with Gasteiger partial charge in [-0.15, -0.1) is 0 Å². The molecule has 1 aliphatic heterocycles. The van der Waals surface area contributed by atoms with Gasteiger partial charge in [-0.3, -0.25) is 4.79 Å². The molecule has 1 aromatic rings. The number of amides is 1. The van der Waals surface area contributed by atoms with Crippen LogP contribution in [0.4, 0.5) is 0 Å². The lowest BCUT2D eigenvalue weighted by molar-refractivity contribution is 0.0674. The van der Waals surface area contributed by atoms with Crippen LogP contribution in [0.2, 0.25) is 0 Å². The lowest BCUT2D eigenvalue weighted by Crippen LogP contribution is -2.42. The number of nitrogens with zero attached hydrogens (tertiary/aromatic N) is 1. The predicted octanol–water partition coefficient (Wildman–Crippen LogP) is 2.64. The molecule has 1 unspecified atom stereocenters. The number of hydrogen-bond donors (Lipinski definition) is 1. The van der Waals surface area contributed by atoms with Crippen LogP contribution in [-0.4, -0.2) is 37.5 Å². The number of benzene rings is 1. The molecule has 1 amide bonds. The highest BCUT2D eigenvalue weighted by Gasteiger charge is 2.24. The van der Waals surface area contributed by atoms with E-state index in [9.17, 15) is 4.79 Å². The van der Waals surface area contributed by atoms with E-state index in [1.165, 1.54) is 36.8 Å². The van der Waals surface area contributed by atoms with Crippen molar-refractivity contribution in [1.82, 2.24) is 10.2 Å². The molecule has 114 valence electrons. The molecule has 1 heterocycles. The fraction of sp³-hybridized carbons (Fsp3) is 0.611. The molecule has 21 heavy (non-hydrogen) atoms. The Morgan fingerprint density at radius 1 is 1.24 bits per heavy atom. The third kappa shape index (κ3) is 3.29. The van der Waals surface area contributed by atoms with Crippen molar-refractivity contribution >= 4 is 5.91 Å². The molecule has 0 spiro atoms. The first kappa shape index (κ1) is 14.6. The number of fused-ring (bicyclic) bond motifs is 1. The molecule has 3 rings (SSSR count). The standard InChI is InChI=1S/C18H26N2O/c1-19-12-14-5-4-10-20(13-14)18(21)17-9-8-15-6-2-3-7-16(15)11-17/h8-9,11,14,19H,2-7,10,12-13H2,1H3. The highest BCUT2D eigenvalue weighted by Crippen LogP contribution is 2.24. The van der Waals surface area contributed by atoms with Crippen molar-refractivity contribution in [3.63, 3.8) is 0 Å². The highest BCUT2D eigenvalue weighted by atomic mass is 16.2. The minimum absolute atomic E-state index is 0.226. The summed E-state index contributed by atoms with van der Waals surface area (Å²) in [5.74, 6) is 0.828. The van der Waals surface area contributed by atoms with Gasteiger partial charge in [0.2, 0.25) is 0 Å². The van der Waals surface area contributed by atoms with Crippen LogP contribution in [0.25, 0.3) is 0 Å². The van der Waals surface area contributed by atoms with Gasteiger partial charge in [0.1, 0.15) is 0 Å². The van der Waals surface area contributed by atoms with Crippen LogP contribution in [-0.2, 0) is 12.8 Å². The summed E-state index contributed by atoms with van der Waals surface area (Å²) < 4.78 is 0. The number of piperidine rings is 1. The van der Waals surface area contributed by atoms with E-state index in [1.807, 2.05) is 13.1 Å². The zero-order valence-corrected chi connectivity index (χ0v) is 13.0. The Balaban J connectivity index is 1.72. The van der Waals surface area contributed by atoms with Crippen LogP contribution in [0.1, 0.15) is 47.2 Å². The number of carbonyl (C=O) groups is 1. The first-order chi connectivity index (χ1) is 10.3. The Morgan fingerprint density at radius 2 is 2.05 bits per heavy atom. The second-order valence-corrected chi connectivity index (χ2v) is 6.51. The SMILES string of the molecule is CNCC1CCCN(C(=O)c2ccc3c(c2)CCCC3)C1. The van der Waals surface area contributed by atoms with Crippen LogP contribution >= 0.6 is 0 Å². The van der Waals surface area contributed by atoms with Crippen molar-refractivity contribution in [2.75, 3.05) is 26.7 Å². The molecule has 3 heteroatoms. The Kier molecular flexibility index (Phi) is 4.59. The summed E-state index contributed by atoms with van der Waals surface area (Å²) in [6, 6.07) is 6.36. The molecule has 0 radical (unpaired) electrons. The Bertz CT molecular complexity index is 510. The van der Waals surface area contributed by atoms with Gasteiger partial charge >= 0.3 is 0 Å². The maximum atomic E-state index is 12.7. The molecule has 0 bridgehead atoms. The van der Waals surface area contributed by atoms with Crippen LogP contribution < -0.4 is 5.32 Å². The van der Waals surface area contributed by atoms with Gasteiger partial charge < -0.3 is 10.2 Å². The molecular formula is C18H26N2O. The van der Waals surface area contributed by atoms with Crippen molar-refractivity contribution in [1.29, 1.82) is 0 Å². The fourth-order valence-corrected chi connectivity index (χ4v) is 3.75. The summed E-state index contributed by atoms with van der Waals surface area (Å²) >= 11 is 0. The molecule has 2 aliphatic rings. The van der Waals surface area contributed by atoms with Crippen molar-refractivity contribution < 1.29 is 4.79 Å². The number of nitrogens with one attached hydrogen (secondary N) is 1. The van der Waals surface area contributed by atoms with Gasteiger partial charge in [0.05, 0.1) is 0 Å².